The van der Waals surface area contributed by atoms with Crippen LogP contribution in [0.4, 0.5) is 0 Å². The number of halogens is 1. The minimum atomic E-state index is 0.180. The summed E-state index contributed by atoms with van der Waals surface area (Å²) in [5.74, 6) is 0.386. The largest absolute Gasteiger partial charge is 0.327 e. The Balaban J connectivity index is 3.01. The van der Waals surface area contributed by atoms with Gasteiger partial charge in [-0.05, 0) is 43.0 Å². The van der Waals surface area contributed by atoms with Crippen molar-refractivity contribution in [2.24, 2.45) is 5.73 Å². The van der Waals surface area contributed by atoms with Crippen molar-refractivity contribution < 1.29 is 0 Å². The van der Waals surface area contributed by atoms with E-state index in [-0.39, 0.29) is 6.04 Å². The second-order valence-corrected chi connectivity index (χ2v) is 4.09. The van der Waals surface area contributed by atoms with Crippen LogP contribution < -0.4 is 5.73 Å². The summed E-state index contributed by atoms with van der Waals surface area (Å²) in [5, 5.41) is 0.790. The molecule has 72 valence electrons. The summed E-state index contributed by atoms with van der Waals surface area (Å²) in [6, 6.07) is 6.14. The summed E-state index contributed by atoms with van der Waals surface area (Å²) >= 11 is 5.87. The summed E-state index contributed by atoms with van der Waals surface area (Å²) in [6.07, 6.45) is 0. The van der Waals surface area contributed by atoms with E-state index in [2.05, 4.69) is 19.9 Å². The predicted octanol–water partition coefficient (Wildman–Crippen LogP) is 3.10. The minimum absolute atomic E-state index is 0.180. The van der Waals surface area contributed by atoms with E-state index in [0.717, 1.165) is 5.02 Å². The van der Waals surface area contributed by atoms with Gasteiger partial charge in [-0.2, -0.15) is 0 Å². The first-order valence-electron chi connectivity index (χ1n) is 4.54. The molecular formula is C11H16ClN. The van der Waals surface area contributed by atoms with Gasteiger partial charge in [-0.1, -0.05) is 24.6 Å². The Morgan fingerprint density at radius 1 is 1.31 bits per heavy atom. The molecule has 0 saturated heterocycles. The number of aryl methyl sites for hydroxylation is 1. The zero-order chi connectivity index (χ0) is 10.0. The summed E-state index contributed by atoms with van der Waals surface area (Å²) < 4.78 is 0. The standard InChI is InChI=1S/C11H16ClN/c1-7-6-10(12)4-5-11(7)8(2)9(3)13/h4-6,8-9H,13H2,1-3H3. The van der Waals surface area contributed by atoms with Crippen LogP contribution in [0.15, 0.2) is 18.2 Å². The number of hydrogen-bond donors (Lipinski definition) is 1. The van der Waals surface area contributed by atoms with Gasteiger partial charge in [0.15, 0.2) is 0 Å². The normalized spacial score (nSPS) is 15.5. The number of benzene rings is 1. The maximum atomic E-state index is 5.87. The Morgan fingerprint density at radius 3 is 2.38 bits per heavy atom. The van der Waals surface area contributed by atoms with Gasteiger partial charge in [0, 0.05) is 11.1 Å². The van der Waals surface area contributed by atoms with Gasteiger partial charge in [0.05, 0.1) is 0 Å². The van der Waals surface area contributed by atoms with Crippen LogP contribution in [-0.4, -0.2) is 6.04 Å². The molecule has 1 nitrogen and oxygen atoms in total. The summed E-state index contributed by atoms with van der Waals surface area (Å²) in [6.45, 7) is 6.24. The highest BCUT2D eigenvalue weighted by Crippen LogP contribution is 2.24. The van der Waals surface area contributed by atoms with Crippen molar-refractivity contribution in [3.8, 4) is 0 Å². The van der Waals surface area contributed by atoms with Gasteiger partial charge in [0.2, 0.25) is 0 Å². The van der Waals surface area contributed by atoms with Crippen molar-refractivity contribution >= 4 is 11.6 Å². The molecule has 2 atom stereocenters. The number of nitrogens with two attached hydrogens (primary N) is 1. The first-order chi connectivity index (χ1) is 6.02. The highest BCUT2D eigenvalue weighted by molar-refractivity contribution is 6.30. The van der Waals surface area contributed by atoms with Gasteiger partial charge in [0.1, 0.15) is 0 Å². The van der Waals surface area contributed by atoms with Crippen LogP contribution in [0.3, 0.4) is 0 Å². The van der Waals surface area contributed by atoms with E-state index >= 15 is 0 Å². The molecule has 0 heterocycles. The van der Waals surface area contributed by atoms with Crippen molar-refractivity contribution in [3.05, 3.63) is 34.3 Å². The predicted molar refractivity (Wildman–Crippen MR) is 58.3 cm³/mol. The van der Waals surface area contributed by atoms with Crippen molar-refractivity contribution in [1.29, 1.82) is 0 Å². The lowest BCUT2D eigenvalue weighted by Crippen LogP contribution is -2.22. The highest BCUT2D eigenvalue weighted by atomic mass is 35.5. The maximum absolute atomic E-state index is 5.87. The van der Waals surface area contributed by atoms with Gasteiger partial charge in [0.25, 0.3) is 0 Å². The Labute approximate surface area is 84.9 Å². The molecule has 0 aromatic heterocycles. The third-order valence-corrected chi connectivity index (χ3v) is 2.75. The molecule has 0 bridgehead atoms. The zero-order valence-electron chi connectivity index (χ0n) is 8.34. The number of hydrogen-bond acceptors (Lipinski definition) is 1. The van der Waals surface area contributed by atoms with E-state index in [1.54, 1.807) is 0 Å². The molecular weight excluding hydrogens is 182 g/mol. The molecule has 1 rings (SSSR count). The van der Waals surface area contributed by atoms with Crippen LogP contribution in [-0.2, 0) is 0 Å². The third kappa shape index (κ3) is 2.45. The van der Waals surface area contributed by atoms with Crippen LogP contribution in [0.25, 0.3) is 0 Å². The van der Waals surface area contributed by atoms with Crippen LogP contribution in [0.2, 0.25) is 5.02 Å². The first-order valence-corrected chi connectivity index (χ1v) is 4.92. The monoisotopic (exact) mass is 197 g/mol. The molecule has 2 N–H and O–H groups in total. The van der Waals surface area contributed by atoms with E-state index in [1.807, 2.05) is 19.1 Å². The fraction of sp³-hybridized carbons (Fsp3) is 0.455. The molecule has 0 aliphatic heterocycles. The zero-order valence-corrected chi connectivity index (χ0v) is 9.10. The number of rotatable bonds is 2. The van der Waals surface area contributed by atoms with Crippen LogP contribution in [0, 0.1) is 6.92 Å². The summed E-state index contributed by atoms with van der Waals surface area (Å²) in [7, 11) is 0. The summed E-state index contributed by atoms with van der Waals surface area (Å²) in [4.78, 5) is 0. The average Bonchev–Trinajstić information content (AvgIpc) is 2.03. The fourth-order valence-electron chi connectivity index (χ4n) is 1.43. The molecule has 0 amide bonds. The van der Waals surface area contributed by atoms with Crippen LogP contribution >= 0.6 is 11.6 Å². The molecule has 13 heavy (non-hydrogen) atoms. The SMILES string of the molecule is Cc1cc(Cl)ccc1C(C)C(C)N. The lowest BCUT2D eigenvalue weighted by Gasteiger charge is -2.18. The van der Waals surface area contributed by atoms with E-state index in [4.69, 9.17) is 17.3 Å². The second-order valence-electron chi connectivity index (χ2n) is 3.65. The molecule has 0 fully saturated rings. The van der Waals surface area contributed by atoms with E-state index in [1.165, 1.54) is 11.1 Å². The van der Waals surface area contributed by atoms with E-state index < -0.39 is 0 Å². The van der Waals surface area contributed by atoms with Gasteiger partial charge >= 0.3 is 0 Å². The minimum Gasteiger partial charge on any atom is -0.327 e. The Bertz CT molecular complexity index is 294. The van der Waals surface area contributed by atoms with Crippen molar-refractivity contribution in [2.75, 3.05) is 0 Å². The molecule has 0 spiro atoms. The lowest BCUT2D eigenvalue weighted by atomic mass is 9.91. The molecule has 0 aliphatic rings. The maximum Gasteiger partial charge on any atom is 0.0408 e. The van der Waals surface area contributed by atoms with Crippen molar-refractivity contribution in [2.45, 2.75) is 32.7 Å². The average molecular weight is 198 g/mol. The quantitative estimate of drug-likeness (QED) is 0.775. The van der Waals surface area contributed by atoms with Crippen molar-refractivity contribution in [1.82, 2.24) is 0 Å². The van der Waals surface area contributed by atoms with Gasteiger partial charge < -0.3 is 5.73 Å². The summed E-state index contributed by atoms with van der Waals surface area (Å²) in [5.41, 5.74) is 8.35. The Morgan fingerprint density at radius 2 is 1.92 bits per heavy atom. The smallest absolute Gasteiger partial charge is 0.0408 e. The van der Waals surface area contributed by atoms with Crippen LogP contribution in [0.5, 0.6) is 0 Å². The molecule has 1 aromatic rings. The molecule has 0 radical (unpaired) electrons. The molecule has 1 aromatic carbocycles. The molecule has 0 aliphatic carbocycles. The lowest BCUT2D eigenvalue weighted by molar-refractivity contribution is 0.610. The third-order valence-electron chi connectivity index (χ3n) is 2.51. The molecule has 2 unspecified atom stereocenters. The Kier molecular flexibility index (Phi) is 3.34. The van der Waals surface area contributed by atoms with E-state index in [9.17, 15) is 0 Å². The fourth-order valence-corrected chi connectivity index (χ4v) is 1.66. The second kappa shape index (κ2) is 4.12. The van der Waals surface area contributed by atoms with Gasteiger partial charge in [-0.15, -0.1) is 0 Å². The first kappa shape index (κ1) is 10.6. The van der Waals surface area contributed by atoms with Crippen LogP contribution in [0.1, 0.15) is 30.9 Å². The van der Waals surface area contributed by atoms with Gasteiger partial charge in [-0.3, -0.25) is 0 Å². The van der Waals surface area contributed by atoms with E-state index in [0.29, 0.717) is 5.92 Å². The van der Waals surface area contributed by atoms with Gasteiger partial charge in [-0.25, -0.2) is 0 Å². The highest BCUT2D eigenvalue weighted by Gasteiger charge is 2.12. The Hall–Kier alpha value is -0.530. The topological polar surface area (TPSA) is 26.0 Å². The van der Waals surface area contributed by atoms with Crippen molar-refractivity contribution in [3.63, 3.8) is 0 Å². The molecule has 2 heteroatoms. The molecule has 0 saturated carbocycles.